The number of aryl methyl sites for hydroxylation is 6. The molecule has 0 aromatic heterocycles. The molecule has 0 radical (unpaired) electrons. The number of hydrogen-bond donors (Lipinski definition) is 0. The first-order chi connectivity index (χ1) is 16.4. The van der Waals surface area contributed by atoms with Gasteiger partial charge in [0.15, 0.2) is 0 Å². The Labute approximate surface area is 216 Å². The molecular weight excluding hydrogens is 485 g/mol. The van der Waals surface area contributed by atoms with Crippen LogP contribution in [0.5, 0.6) is 5.75 Å². The minimum absolute atomic E-state index is 0.247. The van der Waals surface area contributed by atoms with Crippen molar-refractivity contribution >= 4 is 22.1 Å². The molecule has 0 amide bonds. The Morgan fingerprint density at radius 3 is 1.51 bits per heavy atom. The van der Waals surface area contributed by atoms with Crippen LogP contribution in [0, 0.1) is 57.6 Å². The molecule has 0 saturated heterocycles. The normalized spacial score (nSPS) is 11.7. The Hall–Kier alpha value is -2.44. The van der Waals surface area contributed by atoms with Crippen LogP contribution in [-0.4, -0.2) is 20.4 Å². The summed E-state index contributed by atoms with van der Waals surface area (Å²) in [5.74, 6) is 4.55. The van der Waals surface area contributed by atoms with Gasteiger partial charge in [0.05, 0.1) is 0 Å². The van der Waals surface area contributed by atoms with E-state index in [2.05, 4.69) is 109 Å². The van der Waals surface area contributed by atoms with E-state index in [1.807, 2.05) is 12.1 Å². The van der Waals surface area contributed by atoms with Gasteiger partial charge in [-0.15, -0.1) is 0 Å². The molecule has 3 aromatic rings. The quantitative estimate of drug-likeness (QED) is 0.253. The van der Waals surface area contributed by atoms with Crippen LogP contribution in [0.3, 0.4) is 0 Å². The second-order valence-corrected chi connectivity index (χ2v) is 19.0. The summed E-state index contributed by atoms with van der Waals surface area (Å²) < 4.78 is 12.6. The summed E-state index contributed by atoms with van der Waals surface area (Å²) in [6.07, 6.45) is 1.16. The van der Waals surface area contributed by atoms with Crippen molar-refractivity contribution in [1.82, 2.24) is 0 Å². The molecule has 0 aliphatic heterocycles. The van der Waals surface area contributed by atoms with Crippen molar-refractivity contribution in [3.8, 4) is 16.4 Å². The SMILES string of the molecule is COc1ccc(C#[C][Ge]([CH2]CC(C)(C)C)([c]2c(C)cc(C)cc2C)[c]2c(C)cc(C)cc2C)cc1. The topological polar surface area (TPSA) is 9.23 Å². The summed E-state index contributed by atoms with van der Waals surface area (Å²) >= 11 is -3.20. The average molecular weight is 527 g/mol. The van der Waals surface area contributed by atoms with Gasteiger partial charge in [0.1, 0.15) is 0 Å². The molecule has 184 valence electrons. The van der Waals surface area contributed by atoms with E-state index >= 15 is 0 Å². The molecule has 2 heteroatoms. The van der Waals surface area contributed by atoms with Gasteiger partial charge in [0.2, 0.25) is 0 Å². The zero-order valence-electron chi connectivity index (χ0n) is 23.4. The van der Waals surface area contributed by atoms with Crippen LogP contribution in [-0.2, 0) is 0 Å². The number of benzene rings is 3. The van der Waals surface area contributed by atoms with Gasteiger partial charge in [-0.2, -0.15) is 0 Å². The van der Waals surface area contributed by atoms with Crippen molar-refractivity contribution in [2.45, 2.75) is 74.0 Å². The molecule has 0 saturated carbocycles. The summed E-state index contributed by atoms with van der Waals surface area (Å²) in [6.45, 7) is 20.7. The zero-order valence-corrected chi connectivity index (χ0v) is 25.5. The summed E-state index contributed by atoms with van der Waals surface area (Å²) in [4.78, 5) is 0. The molecule has 0 fully saturated rings. The Morgan fingerprint density at radius 2 is 1.14 bits per heavy atom. The summed E-state index contributed by atoms with van der Waals surface area (Å²) in [5, 5.41) is 1.15. The molecule has 0 aliphatic rings. The Balaban J connectivity index is 2.41. The van der Waals surface area contributed by atoms with Gasteiger partial charge in [0, 0.05) is 0 Å². The Kier molecular flexibility index (Phi) is 8.28. The first-order valence-electron chi connectivity index (χ1n) is 12.7. The molecule has 3 rings (SSSR count). The summed E-state index contributed by atoms with van der Waals surface area (Å²) in [7, 11) is 1.71. The standard InChI is InChI=1S/C33H42GeO/c1-23-19-25(3)31(26(4)20-23)34(18-16-33(7,8)9,32-27(5)21-24(2)22-28(32)6)17-15-29-11-13-30(35-10)14-12-29/h11-14,19-22H,16,18H2,1-10H3. The third kappa shape index (κ3) is 6.23. The first-order valence-corrected chi connectivity index (χ1v) is 17.3. The van der Waals surface area contributed by atoms with E-state index in [-0.39, 0.29) is 5.41 Å². The number of ether oxygens (including phenoxy) is 1. The Bertz CT molecular complexity index is 1160. The van der Waals surface area contributed by atoms with Crippen molar-refractivity contribution in [1.29, 1.82) is 0 Å². The fourth-order valence-electron chi connectivity index (χ4n) is 5.68. The van der Waals surface area contributed by atoms with Crippen LogP contribution in [0.4, 0.5) is 0 Å². The predicted octanol–water partition coefficient (Wildman–Crippen LogP) is 7.14. The monoisotopic (exact) mass is 528 g/mol. The van der Waals surface area contributed by atoms with Gasteiger partial charge >= 0.3 is 217 Å². The van der Waals surface area contributed by atoms with Crippen LogP contribution < -0.4 is 13.5 Å². The molecule has 0 aliphatic carbocycles. The maximum atomic E-state index is 5.38. The van der Waals surface area contributed by atoms with Crippen LogP contribution in [0.2, 0.25) is 5.25 Å². The molecule has 3 aromatic carbocycles. The van der Waals surface area contributed by atoms with E-state index in [1.54, 1.807) is 15.9 Å². The molecule has 0 bridgehead atoms. The van der Waals surface area contributed by atoms with E-state index in [4.69, 9.17) is 4.74 Å². The van der Waals surface area contributed by atoms with Crippen LogP contribution in [0.25, 0.3) is 0 Å². The van der Waals surface area contributed by atoms with Gasteiger partial charge in [-0.25, -0.2) is 0 Å². The molecule has 35 heavy (non-hydrogen) atoms. The zero-order chi connectivity index (χ0) is 26.0. The molecule has 0 spiro atoms. The van der Waals surface area contributed by atoms with Crippen LogP contribution in [0.15, 0.2) is 48.5 Å². The summed E-state index contributed by atoms with van der Waals surface area (Å²) in [6, 6.07) is 17.7. The maximum absolute atomic E-state index is 5.38. The fourth-order valence-corrected chi connectivity index (χ4v) is 17.4. The van der Waals surface area contributed by atoms with Gasteiger partial charge in [0.25, 0.3) is 0 Å². The molecule has 1 nitrogen and oxygen atoms in total. The van der Waals surface area contributed by atoms with Gasteiger partial charge in [-0.05, 0) is 0 Å². The van der Waals surface area contributed by atoms with E-state index in [0.717, 1.165) is 23.0 Å². The van der Waals surface area contributed by atoms with Gasteiger partial charge < -0.3 is 0 Å². The van der Waals surface area contributed by atoms with Crippen LogP contribution in [0.1, 0.15) is 66.1 Å². The number of rotatable bonds is 5. The second kappa shape index (κ2) is 10.7. The van der Waals surface area contributed by atoms with Crippen molar-refractivity contribution in [3.63, 3.8) is 0 Å². The van der Waals surface area contributed by atoms with Crippen molar-refractivity contribution in [3.05, 3.63) is 87.5 Å². The molecule has 0 unspecified atom stereocenters. The number of hydrogen-bond acceptors (Lipinski definition) is 1. The van der Waals surface area contributed by atoms with E-state index in [9.17, 15) is 0 Å². The third-order valence-corrected chi connectivity index (χ3v) is 17.1. The third-order valence-electron chi connectivity index (χ3n) is 6.97. The fraction of sp³-hybridized carbons (Fsp3) is 0.394. The van der Waals surface area contributed by atoms with Crippen molar-refractivity contribution in [2.24, 2.45) is 5.41 Å². The number of methoxy groups -OCH3 is 1. The van der Waals surface area contributed by atoms with Crippen LogP contribution >= 0.6 is 0 Å². The summed E-state index contributed by atoms with van der Waals surface area (Å²) in [5.41, 5.74) is 9.57. The van der Waals surface area contributed by atoms with Crippen molar-refractivity contribution in [2.75, 3.05) is 7.11 Å². The van der Waals surface area contributed by atoms with Gasteiger partial charge in [-0.3, -0.25) is 0 Å². The molecular formula is C33H42GeO. The van der Waals surface area contributed by atoms with E-state index in [1.165, 1.54) is 33.4 Å². The second-order valence-electron chi connectivity index (χ2n) is 11.5. The Morgan fingerprint density at radius 1 is 0.714 bits per heavy atom. The van der Waals surface area contributed by atoms with E-state index in [0.29, 0.717) is 0 Å². The first kappa shape index (κ1) is 27.2. The predicted molar refractivity (Wildman–Crippen MR) is 155 cm³/mol. The van der Waals surface area contributed by atoms with E-state index < -0.39 is 13.3 Å². The van der Waals surface area contributed by atoms with Crippen molar-refractivity contribution < 1.29 is 4.74 Å². The molecule has 0 N–H and O–H groups in total. The van der Waals surface area contributed by atoms with Gasteiger partial charge in [-0.1, -0.05) is 0 Å². The molecule has 0 atom stereocenters. The molecule has 0 heterocycles. The average Bonchev–Trinajstić information content (AvgIpc) is 2.74. The minimum atomic E-state index is -3.20.